The molecule has 1 aliphatic rings. The van der Waals surface area contributed by atoms with E-state index in [0.29, 0.717) is 18.8 Å². The minimum absolute atomic E-state index is 0.0528. The van der Waals surface area contributed by atoms with E-state index < -0.39 is 14.9 Å². The van der Waals surface area contributed by atoms with Gasteiger partial charge in [0, 0.05) is 25.2 Å². The zero-order chi connectivity index (χ0) is 17.0. The molecule has 0 unspecified atom stereocenters. The lowest BCUT2D eigenvalue weighted by molar-refractivity contribution is -0.384. The van der Waals surface area contributed by atoms with Gasteiger partial charge in [0.15, 0.2) is 0 Å². The topological polar surface area (TPSA) is 92.6 Å². The van der Waals surface area contributed by atoms with Gasteiger partial charge in [0.05, 0.1) is 9.82 Å². The van der Waals surface area contributed by atoms with Crippen LogP contribution in [0.15, 0.2) is 35.2 Å². The molecule has 1 N–H and O–H groups in total. The Bertz CT molecular complexity index is 703. The van der Waals surface area contributed by atoms with E-state index in [9.17, 15) is 18.5 Å². The van der Waals surface area contributed by atoms with E-state index in [4.69, 9.17) is 0 Å². The van der Waals surface area contributed by atoms with E-state index in [0.717, 1.165) is 18.9 Å². The molecule has 0 atom stereocenters. The Morgan fingerprint density at radius 1 is 1.26 bits per heavy atom. The van der Waals surface area contributed by atoms with Crippen molar-refractivity contribution in [3.05, 3.63) is 40.5 Å². The number of benzene rings is 1. The SMILES string of the molecule is CCN(CC)S(=O)(=O)c1ccc(NC2CC=CC2)c([N+](=O)[O-])c1. The summed E-state index contributed by atoms with van der Waals surface area (Å²) in [6.07, 6.45) is 5.64. The third-order valence-electron chi connectivity index (χ3n) is 3.88. The van der Waals surface area contributed by atoms with Crippen molar-refractivity contribution in [2.45, 2.75) is 37.6 Å². The first-order valence-electron chi connectivity index (χ1n) is 7.60. The van der Waals surface area contributed by atoms with Gasteiger partial charge in [-0.3, -0.25) is 10.1 Å². The van der Waals surface area contributed by atoms with Gasteiger partial charge in [-0.05, 0) is 25.0 Å². The lowest BCUT2D eigenvalue weighted by Gasteiger charge is -2.19. The number of hydrogen-bond donors (Lipinski definition) is 1. The van der Waals surface area contributed by atoms with Crippen molar-refractivity contribution in [2.75, 3.05) is 18.4 Å². The highest BCUT2D eigenvalue weighted by atomic mass is 32.2. The maximum absolute atomic E-state index is 12.5. The molecule has 23 heavy (non-hydrogen) atoms. The van der Waals surface area contributed by atoms with E-state index in [1.165, 1.54) is 16.4 Å². The fraction of sp³-hybridized carbons (Fsp3) is 0.467. The number of nitrogens with zero attached hydrogens (tertiary/aromatic N) is 2. The Kier molecular flexibility index (Phi) is 5.38. The zero-order valence-corrected chi connectivity index (χ0v) is 14.0. The molecule has 0 bridgehead atoms. The molecule has 7 nitrogen and oxygen atoms in total. The summed E-state index contributed by atoms with van der Waals surface area (Å²) < 4.78 is 26.3. The van der Waals surface area contributed by atoms with Crippen molar-refractivity contribution in [1.29, 1.82) is 0 Å². The second-order valence-corrected chi connectivity index (χ2v) is 7.25. The molecule has 126 valence electrons. The van der Waals surface area contributed by atoms with Crippen molar-refractivity contribution in [1.82, 2.24) is 4.31 Å². The smallest absolute Gasteiger partial charge is 0.293 e. The second-order valence-electron chi connectivity index (χ2n) is 5.31. The van der Waals surface area contributed by atoms with Gasteiger partial charge in [0.25, 0.3) is 5.69 Å². The molecule has 1 aromatic carbocycles. The van der Waals surface area contributed by atoms with Gasteiger partial charge < -0.3 is 5.32 Å². The molecular formula is C15H21N3O4S. The molecular weight excluding hydrogens is 318 g/mol. The highest BCUT2D eigenvalue weighted by Gasteiger charge is 2.26. The molecule has 1 aliphatic carbocycles. The highest BCUT2D eigenvalue weighted by molar-refractivity contribution is 7.89. The minimum Gasteiger partial charge on any atom is -0.376 e. The average molecular weight is 339 g/mol. The van der Waals surface area contributed by atoms with Crippen molar-refractivity contribution in [2.24, 2.45) is 0 Å². The summed E-state index contributed by atoms with van der Waals surface area (Å²) in [5, 5.41) is 14.4. The molecule has 0 aromatic heterocycles. The summed E-state index contributed by atoms with van der Waals surface area (Å²) in [7, 11) is -3.71. The fourth-order valence-electron chi connectivity index (χ4n) is 2.61. The van der Waals surface area contributed by atoms with E-state index in [1.807, 2.05) is 12.2 Å². The number of nitro groups is 1. The average Bonchev–Trinajstić information content (AvgIpc) is 3.01. The summed E-state index contributed by atoms with van der Waals surface area (Å²) in [5.74, 6) is 0. The predicted octanol–water partition coefficient (Wildman–Crippen LogP) is 2.76. The lowest BCUT2D eigenvalue weighted by Crippen LogP contribution is -2.30. The molecule has 2 rings (SSSR count). The van der Waals surface area contributed by atoms with Gasteiger partial charge in [-0.1, -0.05) is 26.0 Å². The highest BCUT2D eigenvalue weighted by Crippen LogP contribution is 2.30. The molecule has 0 amide bonds. The van der Waals surface area contributed by atoms with Crippen LogP contribution in [0.3, 0.4) is 0 Å². The van der Waals surface area contributed by atoms with Crippen LogP contribution in [-0.4, -0.2) is 36.8 Å². The second kappa shape index (κ2) is 7.10. The summed E-state index contributed by atoms with van der Waals surface area (Å²) in [6, 6.07) is 4.15. The Morgan fingerprint density at radius 3 is 2.39 bits per heavy atom. The molecule has 0 aliphatic heterocycles. The maximum atomic E-state index is 12.5. The predicted molar refractivity (Wildman–Crippen MR) is 89.0 cm³/mol. The lowest BCUT2D eigenvalue weighted by atomic mass is 10.2. The molecule has 8 heteroatoms. The van der Waals surface area contributed by atoms with Crippen LogP contribution in [0.25, 0.3) is 0 Å². The maximum Gasteiger partial charge on any atom is 0.293 e. The van der Waals surface area contributed by atoms with Gasteiger partial charge >= 0.3 is 0 Å². The summed E-state index contributed by atoms with van der Waals surface area (Å²) >= 11 is 0. The number of rotatable bonds is 7. The normalized spacial score (nSPS) is 15.3. The first-order chi connectivity index (χ1) is 10.9. The summed E-state index contributed by atoms with van der Waals surface area (Å²) in [6.45, 7) is 4.11. The Balaban J connectivity index is 2.37. The van der Waals surface area contributed by atoms with Gasteiger partial charge in [0.2, 0.25) is 10.0 Å². The number of nitrogens with one attached hydrogen (secondary N) is 1. The molecule has 0 radical (unpaired) electrons. The first kappa shape index (κ1) is 17.4. The quantitative estimate of drug-likeness (QED) is 0.468. The third kappa shape index (κ3) is 3.70. The van der Waals surface area contributed by atoms with Crippen molar-refractivity contribution in [3.63, 3.8) is 0 Å². The van der Waals surface area contributed by atoms with E-state index in [-0.39, 0.29) is 16.6 Å². The number of anilines is 1. The summed E-state index contributed by atoms with van der Waals surface area (Å²) in [4.78, 5) is 10.7. The monoisotopic (exact) mass is 339 g/mol. The summed E-state index contributed by atoms with van der Waals surface area (Å²) in [5.41, 5.74) is 0.132. The van der Waals surface area contributed by atoms with Gasteiger partial charge in [-0.15, -0.1) is 0 Å². The van der Waals surface area contributed by atoms with Crippen LogP contribution >= 0.6 is 0 Å². The van der Waals surface area contributed by atoms with Gasteiger partial charge in [0.1, 0.15) is 5.69 Å². The molecule has 0 spiro atoms. The van der Waals surface area contributed by atoms with Crippen LogP contribution in [0, 0.1) is 10.1 Å². The number of sulfonamides is 1. The van der Waals surface area contributed by atoms with Crippen LogP contribution < -0.4 is 5.32 Å². The van der Waals surface area contributed by atoms with Crippen LogP contribution in [0.1, 0.15) is 26.7 Å². The van der Waals surface area contributed by atoms with Gasteiger partial charge in [-0.2, -0.15) is 4.31 Å². The van der Waals surface area contributed by atoms with Crippen LogP contribution in [0.4, 0.5) is 11.4 Å². The zero-order valence-electron chi connectivity index (χ0n) is 13.2. The molecule has 0 heterocycles. The largest absolute Gasteiger partial charge is 0.376 e. The van der Waals surface area contributed by atoms with Crippen LogP contribution in [0.2, 0.25) is 0 Å². The van der Waals surface area contributed by atoms with Crippen molar-refractivity contribution >= 4 is 21.4 Å². The Hall–Kier alpha value is -1.93. The molecule has 0 fully saturated rings. The van der Waals surface area contributed by atoms with Crippen LogP contribution in [-0.2, 0) is 10.0 Å². The number of hydrogen-bond acceptors (Lipinski definition) is 5. The van der Waals surface area contributed by atoms with E-state index >= 15 is 0 Å². The third-order valence-corrected chi connectivity index (χ3v) is 5.92. The number of nitro benzene ring substituents is 1. The van der Waals surface area contributed by atoms with Gasteiger partial charge in [-0.25, -0.2) is 8.42 Å². The van der Waals surface area contributed by atoms with Crippen molar-refractivity contribution < 1.29 is 13.3 Å². The molecule has 1 aromatic rings. The minimum atomic E-state index is -3.71. The van der Waals surface area contributed by atoms with Crippen molar-refractivity contribution in [3.8, 4) is 0 Å². The molecule has 0 saturated carbocycles. The van der Waals surface area contributed by atoms with E-state index in [2.05, 4.69) is 5.32 Å². The standard InChI is InChI=1S/C15H21N3O4S/c1-3-17(4-2)23(21,22)13-9-10-14(15(11-13)18(19)20)16-12-7-5-6-8-12/h5-6,9-12,16H,3-4,7-8H2,1-2H3. The molecule has 0 saturated heterocycles. The fourth-order valence-corrected chi connectivity index (χ4v) is 4.09. The Morgan fingerprint density at radius 2 is 1.87 bits per heavy atom. The first-order valence-corrected chi connectivity index (χ1v) is 9.04. The Labute approximate surface area is 136 Å². The van der Waals surface area contributed by atoms with E-state index in [1.54, 1.807) is 13.8 Å². The van der Waals surface area contributed by atoms with Crippen LogP contribution in [0.5, 0.6) is 0 Å².